The largest absolute Gasteiger partial charge is 0.351 e. The maximum absolute atomic E-state index is 12.6. The fraction of sp³-hybridized carbons (Fsp3) is 0.643. The smallest absolute Gasteiger partial charge is 0.292 e. The number of fused-ring (bicyclic) bond motifs is 1. The molecule has 8 nitrogen and oxygen atoms in total. The van der Waals surface area contributed by atoms with E-state index in [0.717, 1.165) is 0 Å². The van der Waals surface area contributed by atoms with Gasteiger partial charge in [-0.1, -0.05) is 12.1 Å². The molecule has 0 aromatic carbocycles. The zero-order valence-corrected chi connectivity index (χ0v) is 13.9. The molecular weight excluding hydrogens is 322 g/mol. The second-order valence-electron chi connectivity index (χ2n) is 5.98. The van der Waals surface area contributed by atoms with Crippen LogP contribution in [0.25, 0.3) is 0 Å². The summed E-state index contributed by atoms with van der Waals surface area (Å²) in [4.78, 5) is 27.8. The summed E-state index contributed by atoms with van der Waals surface area (Å²) in [6, 6.07) is 0.529. The SMILES string of the molecule is CCC(=O)N1CCN(C(=O)c2cc(C)no2)[C@H]2CS(=O)(=O)C[C@H]21. The molecule has 0 N–H and O–H groups in total. The zero-order chi connectivity index (χ0) is 16.8. The molecule has 0 radical (unpaired) electrons. The van der Waals surface area contributed by atoms with E-state index in [4.69, 9.17) is 4.52 Å². The second-order valence-corrected chi connectivity index (χ2v) is 8.14. The minimum absolute atomic E-state index is 0.0836. The summed E-state index contributed by atoms with van der Waals surface area (Å²) in [6.45, 7) is 4.08. The number of amides is 2. The summed E-state index contributed by atoms with van der Waals surface area (Å²) in [7, 11) is -3.28. The van der Waals surface area contributed by atoms with Crippen molar-refractivity contribution >= 4 is 21.7 Å². The van der Waals surface area contributed by atoms with Crippen LogP contribution in [-0.2, 0) is 14.6 Å². The third-order valence-corrected chi connectivity index (χ3v) is 6.10. The quantitative estimate of drug-likeness (QED) is 0.741. The monoisotopic (exact) mass is 341 g/mol. The molecule has 2 saturated heterocycles. The van der Waals surface area contributed by atoms with Gasteiger partial charge in [-0.2, -0.15) is 0 Å². The predicted octanol–water partition coefficient (Wildman–Crippen LogP) is -0.157. The highest BCUT2D eigenvalue weighted by Gasteiger charge is 2.49. The lowest BCUT2D eigenvalue weighted by Crippen LogP contribution is -2.61. The van der Waals surface area contributed by atoms with Crippen LogP contribution in [0.1, 0.15) is 29.6 Å². The van der Waals surface area contributed by atoms with Gasteiger partial charge in [-0.25, -0.2) is 8.42 Å². The Morgan fingerprint density at radius 1 is 1.26 bits per heavy atom. The molecule has 3 heterocycles. The van der Waals surface area contributed by atoms with E-state index in [-0.39, 0.29) is 29.1 Å². The van der Waals surface area contributed by atoms with Crippen molar-refractivity contribution in [2.75, 3.05) is 24.6 Å². The molecule has 0 aliphatic carbocycles. The molecule has 2 amide bonds. The molecule has 2 fully saturated rings. The van der Waals surface area contributed by atoms with E-state index >= 15 is 0 Å². The summed E-state index contributed by atoms with van der Waals surface area (Å²) in [6.07, 6.45) is 0.318. The molecule has 0 unspecified atom stereocenters. The number of aromatic nitrogens is 1. The number of aryl methyl sites for hydroxylation is 1. The van der Waals surface area contributed by atoms with E-state index in [1.54, 1.807) is 18.7 Å². The highest BCUT2D eigenvalue weighted by atomic mass is 32.2. The van der Waals surface area contributed by atoms with Gasteiger partial charge in [0.1, 0.15) is 0 Å². The van der Waals surface area contributed by atoms with Crippen LogP contribution >= 0.6 is 0 Å². The van der Waals surface area contributed by atoms with E-state index in [1.807, 2.05) is 0 Å². The molecular formula is C14H19N3O5S. The summed E-state index contributed by atoms with van der Waals surface area (Å²) in [5, 5.41) is 3.70. The lowest BCUT2D eigenvalue weighted by Gasteiger charge is -2.43. The third-order valence-electron chi connectivity index (χ3n) is 4.40. The average molecular weight is 341 g/mol. The van der Waals surface area contributed by atoms with Crippen molar-refractivity contribution in [3.63, 3.8) is 0 Å². The molecule has 0 bridgehead atoms. The molecule has 126 valence electrons. The van der Waals surface area contributed by atoms with E-state index in [0.29, 0.717) is 25.2 Å². The molecule has 9 heteroatoms. The summed E-state index contributed by atoms with van der Waals surface area (Å²) >= 11 is 0. The Kier molecular flexibility index (Phi) is 3.91. The number of sulfone groups is 1. The molecule has 2 atom stereocenters. The first-order valence-electron chi connectivity index (χ1n) is 7.56. The molecule has 1 aromatic rings. The Morgan fingerprint density at radius 2 is 1.87 bits per heavy atom. The molecule has 3 rings (SSSR count). The summed E-state index contributed by atoms with van der Waals surface area (Å²) in [5.41, 5.74) is 0.587. The van der Waals surface area contributed by atoms with Gasteiger partial charge in [0.25, 0.3) is 5.91 Å². The van der Waals surface area contributed by atoms with Crippen LogP contribution in [0.2, 0.25) is 0 Å². The highest BCUT2D eigenvalue weighted by Crippen LogP contribution is 2.28. The van der Waals surface area contributed by atoms with Gasteiger partial charge < -0.3 is 14.3 Å². The lowest BCUT2D eigenvalue weighted by atomic mass is 10.0. The van der Waals surface area contributed by atoms with Crippen LogP contribution in [0.15, 0.2) is 10.6 Å². The van der Waals surface area contributed by atoms with E-state index in [9.17, 15) is 18.0 Å². The third kappa shape index (κ3) is 2.85. The van der Waals surface area contributed by atoms with Crippen molar-refractivity contribution in [1.29, 1.82) is 0 Å². The summed E-state index contributed by atoms with van der Waals surface area (Å²) < 4.78 is 29.1. The number of hydrogen-bond donors (Lipinski definition) is 0. The highest BCUT2D eigenvalue weighted by molar-refractivity contribution is 7.91. The van der Waals surface area contributed by atoms with Crippen LogP contribution in [-0.4, -0.2) is 71.9 Å². The fourth-order valence-corrected chi connectivity index (χ4v) is 5.30. The predicted molar refractivity (Wildman–Crippen MR) is 80.5 cm³/mol. The van der Waals surface area contributed by atoms with Crippen molar-refractivity contribution < 1.29 is 22.5 Å². The van der Waals surface area contributed by atoms with Crippen LogP contribution < -0.4 is 0 Å². The van der Waals surface area contributed by atoms with Gasteiger partial charge in [0.15, 0.2) is 9.84 Å². The second kappa shape index (κ2) is 5.63. The van der Waals surface area contributed by atoms with Crippen molar-refractivity contribution in [2.45, 2.75) is 32.4 Å². The molecule has 23 heavy (non-hydrogen) atoms. The van der Waals surface area contributed by atoms with Gasteiger partial charge in [0, 0.05) is 25.6 Å². The molecule has 1 aromatic heterocycles. The van der Waals surface area contributed by atoms with Crippen molar-refractivity contribution in [3.05, 3.63) is 17.5 Å². The molecule has 0 spiro atoms. The Hall–Kier alpha value is -1.90. The Balaban J connectivity index is 1.89. The normalized spacial score (nSPS) is 26.2. The molecule has 2 aliphatic rings. The number of piperazine rings is 1. The number of carbonyl (C=O) groups is 2. The fourth-order valence-electron chi connectivity index (χ4n) is 3.32. The lowest BCUT2D eigenvalue weighted by molar-refractivity contribution is -0.136. The van der Waals surface area contributed by atoms with Gasteiger partial charge in [0.2, 0.25) is 11.7 Å². The van der Waals surface area contributed by atoms with Crippen molar-refractivity contribution in [3.8, 4) is 0 Å². The topological polar surface area (TPSA) is 101 Å². The first kappa shape index (κ1) is 16.0. The Bertz CT molecular complexity index is 741. The van der Waals surface area contributed by atoms with Crippen LogP contribution in [0.5, 0.6) is 0 Å². The van der Waals surface area contributed by atoms with Gasteiger partial charge in [-0.15, -0.1) is 0 Å². The molecule has 0 saturated carbocycles. The number of rotatable bonds is 2. The Morgan fingerprint density at radius 3 is 2.43 bits per heavy atom. The molecule has 2 aliphatic heterocycles. The van der Waals surface area contributed by atoms with Crippen molar-refractivity contribution in [1.82, 2.24) is 15.0 Å². The standard InChI is InChI=1S/C14H19N3O5S/c1-3-13(18)16-4-5-17(11-8-23(20,21)7-10(11)16)14(19)12-6-9(2)15-22-12/h6,10-11H,3-5,7-8H2,1-2H3/t10-,11+/m1/s1. The number of nitrogens with zero attached hydrogens (tertiary/aromatic N) is 3. The maximum atomic E-state index is 12.6. The summed E-state index contributed by atoms with van der Waals surface area (Å²) in [5.74, 6) is -0.575. The first-order valence-corrected chi connectivity index (χ1v) is 9.38. The van der Waals surface area contributed by atoms with Crippen LogP contribution in [0, 0.1) is 6.92 Å². The van der Waals surface area contributed by atoms with Gasteiger partial charge in [-0.3, -0.25) is 9.59 Å². The van der Waals surface area contributed by atoms with E-state index in [2.05, 4.69) is 5.16 Å². The Labute approximate surface area is 134 Å². The number of hydrogen-bond acceptors (Lipinski definition) is 6. The number of carbonyl (C=O) groups excluding carboxylic acids is 2. The van der Waals surface area contributed by atoms with Crippen molar-refractivity contribution in [2.24, 2.45) is 0 Å². The van der Waals surface area contributed by atoms with Crippen LogP contribution in [0.3, 0.4) is 0 Å². The van der Waals surface area contributed by atoms with Gasteiger partial charge >= 0.3 is 0 Å². The van der Waals surface area contributed by atoms with Gasteiger partial charge in [-0.05, 0) is 6.92 Å². The van der Waals surface area contributed by atoms with Crippen LogP contribution in [0.4, 0.5) is 0 Å². The minimum atomic E-state index is -3.28. The van der Waals surface area contributed by atoms with E-state index < -0.39 is 21.9 Å². The van der Waals surface area contributed by atoms with Gasteiger partial charge in [0.05, 0.1) is 29.3 Å². The van der Waals surface area contributed by atoms with E-state index in [1.165, 1.54) is 11.0 Å². The minimum Gasteiger partial charge on any atom is -0.351 e. The first-order chi connectivity index (χ1) is 10.8. The average Bonchev–Trinajstić information content (AvgIpc) is 3.06. The maximum Gasteiger partial charge on any atom is 0.292 e. The zero-order valence-electron chi connectivity index (χ0n) is 13.1.